The van der Waals surface area contributed by atoms with E-state index in [1.165, 1.54) is 16.5 Å². The van der Waals surface area contributed by atoms with Gasteiger partial charge in [0, 0.05) is 39.0 Å². The molecule has 1 aliphatic heterocycles. The van der Waals surface area contributed by atoms with Crippen LogP contribution in [0.25, 0.3) is 94.1 Å². The predicted molar refractivity (Wildman–Crippen MR) is 235 cm³/mol. The van der Waals surface area contributed by atoms with E-state index >= 15 is 0 Å². The van der Waals surface area contributed by atoms with Crippen LogP contribution in [0.4, 0.5) is 0 Å². The molecule has 12 rings (SSSR count). The summed E-state index contributed by atoms with van der Waals surface area (Å²) in [6.45, 7) is 0. The van der Waals surface area contributed by atoms with Crippen molar-refractivity contribution >= 4 is 49.1 Å². The number of furan rings is 1. The van der Waals surface area contributed by atoms with Crippen molar-refractivity contribution in [2.24, 2.45) is 0 Å². The van der Waals surface area contributed by atoms with E-state index in [-0.39, 0.29) is 12.0 Å². The predicted octanol–water partition coefficient (Wildman–Crippen LogP) is 13.2. The number of rotatable bonds is 5. The van der Waals surface area contributed by atoms with Crippen molar-refractivity contribution in [2.75, 3.05) is 0 Å². The van der Waals surface area contributed by atoms with E-state index in [0.29, 0.717) is 17.5 Å². The molecule has 2 unspecified atom stereocenters. The molecule has 10 aromatic rings. The van der Waals surface area contributed by atoms with Crippen LogP contribution >= 0.6 is 0 Å². The van der Waals surface area contributed by atoms with E-state index in [9.17, 15) is 0 Å². The molecular formula is C53H33N3O2. The second kappa shape index (κ2) is 13.0. The van der Waals surface area contributed by atoms with Gasteiger partial charge in [0.25, 0.3) is 0 Å². The minimum atomic E-state index is -0.123. The molecule has 2 atom stereocenters. The molecule has 0 saturated heterocycles. The molecule has 0 fully saturated rings. The molecule has 272 valence electrons. The lowest BCUT2D eigenvalue weighted by atomic mass is 9.89. The van der Waals surface area contributed by atoms with Crippen LogP contribution in [0.15, 0.2) is 193 Å². The fourth-order valence-corrected chi connectivity index (χ4v) is 8.72. The van der Waals surface area contributed by atoms with Crippen LogP contribution in [0.3, 0.4) is 0 Å². The van der Waals surface area contributed by atoms with Crippen LogP contribution in [0.5, 0.6) is 5.75 Å². The van der Waals surface area contributed by atoms with Crippen LogP contribution < -0.4 is 4.74 Å². The molecule has 2 aromatic heterocycles. The number of hydrogen-bond acceptors (Lipinski definition) is 5. The molecule has 5 nitrogen and oxygen atoms in total. The molecule has 2 aliphatic rings. The average molecular weight is 744 g/mol. The molecular weight excluding hydrogens is 711 g/mol. The van der Waals surface area contributed by atoms with Crippen molar-refractivity contribution in [3.8, 4) is 50.8 Å². The van der Waals surface area contributed by atoms with Crippen LogP contribution in [0.2, 0.25) is 0 Å². The van der Waals surface area contributed by atoms with Gasteiger partial charge in [-0.05, 0) is 92.3 Å². The largest absolute Gasteiger partial charge is 0.485 e. The Kier molecular flexibility index (Phi) is 7.29. The van der Waals surface area contributed by atoms with Gasteiger partial charge in [0.05, 0.1) is 0 Å². The Morgan fingerprint density at radius 2 is 1.12 bits per heavy atom. The quantitative estimate of drug-likeness (QED) is 0.176. The summed E-state index contributed by atoms with van der Waals surface area (Å²) in [4.78, 5) is 15.4. The van der Waals surface area contributed by atoms with Crippen LogP contribution in [0, 0.1) is 0 Å². The Bertz CT molecular complexity index is 3340. The Hall–Kier alpha value is -7.63. The van der Waals surface area contributed by atoms with Crippen LogP contribution in [0.1, 0.15) is 17.3 Å². The second-order valence-electron chi connectivity index (χ2n) is 15.1. The molecule has 58 heavy (non-hydrogen) atoms. The molecule has 0 radical (unpaired) electrons. The van der Waals surface area contributed by atoms with E-state index in [1.54, 1.807) is 0 Å². The molecule has 0 N–H and O–H groups in total. The third-order valence-electron chi connectivity index (χ3n) is 11.6. The maximum Gasteiger partial charge on any atom is 0.164 e. The number of nitrogens with zero attached hydrogens (tertiary/aromatic N) is 3. The highest BCUT2D eigenvalue weighted by molar-refractivity contribution is 6.13. The monoisotopic (exact) mass is 743 g/mol. The van der Waals surface area contributed by atoms with Gasteiger partial charge in [0.2, 0.25) is 0 Å². The zero-order chi connectivity index (χ0) is 38.2. The standard InChI is InChI=1S/C53H33N3O2/c1-2-9-32(10-3-1)36-24-26-47-45(30-36)50-42(14-8-16-48(50)57-47)37-20-17-34-19-22-39(29-41(34)28-37)52-54-51(38-21-18-33-11-4-5-12-35(33)27-38)55-53(56-52)40-23-25-44-43-13-6-7-15-46(43)58-49(44)31-40/h1-31,44,49H. The van der Waals surface area contributed by atoms with Crippen molar-refractivity contribution < 1.29 is 9.15 Å². The minimum absolute atomic E-state index is 0.123. The lowest BCUT2D eigenvalue weighted by Gasteiger charge is -2.18. The first-order chi connectivity index (χ1) is 28.7. The first-order valence-corrected chi connectivity index (χ1v) is 19.7. The number of fused-ring (bicyclic) bond motifs is 8. The summed E-state index contributed by atoms with van der Waals surface area (Å²) in [5.41, 5.74) is 10.3. The van der Waals surface area contributed by atoms with Gasteiger partial charge in [-0.3, -0.25) is 0 Å². The maximum absolute atomic E-state index is 6.40. The average Bonchev–Trinajstić information content (AvgIpc) is 3.86. The Labute approximate surface area is 334 Å². The van der Waals surface area contributed by atoms with Gasteiger partial charge in [-0.2, -0.15) is 0 Å². The van der Waals surface area contributed by atoms with Gasteiger partial charge >= 0.3 is 0 Å². The molecule has 5 heteroatoms. The Morgan fingerprint density at radius 1 is 0.448 bits per heavy atom. The number of benzene rings is 8. The van der Waals surface area contributed by atoms with Gasteiger partial charge in [0.15, 0.2) is 17.5 Å². The zero-order valence-corrected chi connectivity index (χ0v) is 31.2. The summed E-state index contributed by atoms with van der Waals surface area (Å²) >= 11 is 0. The molecule has 3 heterocycles. The van der Waals surface area contributed by atoms with E-state index in [2.05, 4.69) is 170 Å². The van der Waals surface area contributed by atoms with E-state index in [0.717, 1.165) is 77.2 Å². The van der Waals surface area contributed by atoms with Gasteiger partial charge < -0.3 is 9.15 Å². The van der Waals surface area contributed by atoms with Crippen molar-refractivity contribution in [1.29, 1.82) is 0 Å². The highest BCUT2D eigenvalue weighted by Crippen LogP contribution is 2.43. The number of allylic oxidation sites excluding steroid dienone is 2. The van der Waals surface area contributed by atoms with Crippen LogP contribution in [-0.2, 0) is 0 Å². The van der Waals surface area contributed by atoms with Crippen molar-refractivity contribution in [1.82, 2.24) is 15.0 Å². The molecule has 0 spiro atoms. The lowest BCUT2D eigenvalue weighted by Crippen LogP contribution is -2.18. The molecule has 0 bridgehead atoms. The molecule has 1 aliphatic carbocycles. The smallest absolute Gasteiger partial charge is 0.164 e. The van der Waals surface area contributed by atoms with E-state index < -0.39 is 0 Å². The summed E-state index contributed by atoms with van der Waals surface area (Å²) in [6, 6.07) is 59.4. The molecule has 8 aromatic carbocycles. The lowest BCUT2D eigenvalue weighted by molar-refractivity contribution is 0.269. The van der Waals surface area contributed by atoms with Gasteiger partial charge in [-0.15, -0.1) is 0 Å². The van der Waals surface area contributed by atoms with Gasteiger partial charge in [-0.1, -0.05) is 140 Å². The first-order valence-electron chi connectivity index (χ1n) is 19.7. The third-order valence-corrected chi connectivity index (χ3v) is 11.6. The normalized spacial score (nSPS) is 15.8. The summed E-state index contributed by atoms with van der Waals surface area (Å²) in [5.74, 6) is 2.94. The summed E-state index contributed by atoms with van der Waals surface area (Å²) in [7, 11) is 0. The third kappa shape index (κ3) is 5.43. The highest BCUT2D eigenvalue weighted by atomic mass is 16.5. The first kappa shape index (κ1) is 32.6. The molecule has 0 saturated carbocycles. The summed E-state index contributed by atoms with van der Waals surface area (Å²) < 4.78 is 12.8. The number of ether oxygens (including phenoxy) is 1. The zero-order valence-electron chi connectivity index (χ0n) is 31.2. The fraction of sp³-hybridized carbons (Fsp3) is 0.0377. The minimum Gasteiger partial charge on any atom is -0.485 e. The highest BCUT2D eigenvalue weighted by Gasteiger charge is 2.33. The van der Waals surface area contributed by atoms with Crippen molar-refractivity contribution in [2.45, 2.75) is 12.0 Å². The number of para-hydroxylation sites is 1. The Morgan fingerprint density at radius 3 is 1.97 bits per heavy atom. The maximum atomic E-state index is 6.40. The molecule has 0 amide bonds. The number of hydrogen-bond donors (Lipinski definition) is 0. The summed E-state index contributed by atoms with van der Waals surface area (Å²) in [6.07, 6.45) is 6.38. The second-order valence-corrected chi connectivity index (χ2v) is 15.1. The topological polar surface area (TPSA) is 61.0 Å². The van der Waals surface area contributed by atoms with Gasteiger partial charge in [-0.25, -0.2) is 15.0 Å². The fourth-order valence-electron chi connectivity index (χ4n) is 8.72. The number of aromatic nitrogens is 3. The van der Waals surface area contributed by atoms with Crippen molar-refractivity contribution in [3.05, 3.63) is 199 Å². The van der Waals surface area contributed by atoms with Crippen LogP contribution in [-0.4, -0.2) is 21.1 Å². The van der Waals surface area contributed by atoms with Gasteiger partial charge in [0.1, 0.15) is 23.0 Å². The van der Waals surface area contributed by atoms with E-state index in [1.807, 2.05) is 18.2 Å². The van der Waals surface area contributed by atoms with Crippen molar-refractivity contribution in [3.63, 3.8) is 0 Å². The van der Waals surface area contributed by atoms with E-state index in [4.69, 9.17) is 24.1 Å². The summed E-state index contributed by atoms with van der Waals surface area (Å²) in [5, 5.41) is 6.74. The Balaban J connectivity index is 0.980. The SMILES string of the molecule is C1=CC2c3ccccc3OC2C=C1c1nc(-c2ccc3ccccc3c2)nc(-c2ccc3ccc(-c4cccc5oc6ccc(-c7ccccc7)cc6c45)cc3c2)n1.